The van der Waals surface area contributed by atoms with Gasteiger partial charge >= 0.3 is 0 Å². The number of ether oxygens (including phenoxy) is 1. The van der Waals surface area contributed by atoms with Gasteiger partial charge in [0.25, 0.3) is 5.91 Å². The molecule has 3 N–H and O–H groups in total. The number of amides is 1. The molecule has 3 rings (SSSR count). The number of carbonyl (C=O) groups excluding carboxylic acids is 1. The van der Waals surface area contributed by atoms with E-state index in [1.165, 1.54) is 10.5 Å². The van der Waals surface area contributed by atoms with Crippen LogP contribution in [0.3, 0.4) is 0 Å². The Labute approximate surface area is 174 Å². The van der Waals surface area contributed by atoms with Crippen LogP contribution in [0, 0.1) is 20.8 Å². The number of hydrogen-bond acceptors (Lipinski definition) is 2. The van der Waals surface area contributed by atoms with Gasteiger partial charge in [0.1, 0.15) is 45.1 Å². The number of rotatable bonds is 7. The highest BCUT2D eigenvalue weighted by molar-refractivity contribution is 5.95. The molecule has 156 valence electrons. The van der Waals surface area contributed by atoms with Crippen molar-refractivity contribution in [2.75, 3.05) is 44.6 Å². The van der Waals surface area contributed by atoms with E-state index in [0.717, 1.165) is 61.9 Å². The van der Waals surface area contributed by atoms with Crippen molar-refractivity contribution < 1.29 is 19.3 Å². The molecule has 0 unspecified atom stereocenters. The van der Waals surface area contributed by atoms with Gasteiger partial charge in [0.05, 0.1) is 0 Å². The standard InChI is InChI=1S/C24H33N3O2/c1-18-16-19(2)23(20(3)17-18)25-24(28)21(4)27-12-10-26(11-13-27)14-15-29-22-8-6-5-7-9-22/h5-9,16-17,21H,10-15H2,1-4H3,(H,25,28)/p+2/t21-/m1/s1. The largest absolute Gasteiger partial charge is 0.488 e. The van der Waals surface area contributed by atoms with E-state index >= 15 is 0 Å². The van der Waals surface area contributed by atoms with Crippen molar-refractivity contribution >= 4 is 11.6 Å². The lowest BCUT2D eigenvalue weighted by Crippen LogP contribution is -3.30. The predicted octanol–water partition coefficient (Wildman–Crippen LogP) is 0.801. The van der Waals surface area contributed by atoms with Gasteiger partial charge in [0.15, 0.2) is 6.04 Å². The van der Waals surface area contributed by atoms with Crippen LogP contribution < -0.4 is 19.9 Å². The number of benzene rings is 2. The molecule has 0 bridgehead atoms. The zero-order chi connectivity index (χ0) is 20.8. The summed E-state index contributed by atoms with van der Waals surface area (Å²) in [6, 6.07) is 14.2. The maximum Gasteiger partial charge on any atom is 0.282 e. The Morgan fingerprint density at radius 3 is 2.28 bits per heavy atom. The zero-order valence-electron chi connectivity index (χ0n) is 18.2. The first-order valence-electron chi connectivity index (χ1n) is 10.7. The molecule has 0 aliphatic carbocycles. The maximum atomic E-state index is 12.9. The third kappa shape index (κ3) is 5.81. The Bertz CT molecular complexity index is 791. The second-order valence-electron chi connectivity index (χ2n) is 8.30. The summed E-state index contributed by atoms with van der Waals surface area (Å²) >= 11 is 0. The molecule has 1 saturated heterocycles. The van der Waals surface area contributed by atoms with E-state index in [9.17, 15) is 4.79 Å². The summed E-state index contributed by atoms with van der Waals surface area (Å²) in [7, 11) is 0. The maximum absolute atomic E-state index is 12.9. The third-order valence-electron chi connectivity index (χ3n) is 6.00. The fraction of sp³-hybridized carbons (Fsp3) is 0.458. The van der Waals surface area contributed by atoms with Gasteiger partial charge in [-0.2, -0.15) is 0 Å². The molecule has 0 aromatic heterocycles. The number of nitrogens with one attached hydrogen (secondary N) is 3. The minimum absolute atomic E-state index is 0.0442. The summed E-state index contributed by atoms with van der Waals surface area (Å²) in [5.41, 5.74) is 4.46. The second kappa shape index (κ2) is 9.90. The first-order chi connectivity index (χ1) is 13.9. The SMILES string of the molecule is Cc1cc(C)c(NC(=O)[C@@H](C)[NH+]2CC[NH+](CCOc3ccccc3)CC2)c(C)c1. The Morgan fingerprint density at radius 2 is 1.66 bits per heavy atom. The van der Waals surface area contributed by atoms with Crippen LogP contribution in [0.5, 0.6) is 5.75 Å². The molecule has 1 fully saturated rings. The van der Waals surface area contributed by atoms with Gasteiger partial charge < -0.3 is 19.9 Å². The summed E-state index contributed by atoms with van der Waals surface area (Å²) in [6.07, 6.45) is 0. The lowest BCUT2D eigenvalue weighted by molar-refractivity contribution is -1.02. The molecule has 1 atom stereocenters. The summed E-state index contributed by atoms with van der Waals surface area (Å²) in [5.74, 6) is 1.05. The highest BCUT2D eigenvalue weighted by Crippen LogP contribution is 2.21. The van der Waals surface area contributed by atoms with Crippen LogP contribution in [0.4, 0.5) is 5.69 Å². The van der Waals surface area contributed by atoms with Gasteiger partial charge in [-0.25, -0.2) is 0 Å². The average Bonchev–Trinajstić information content (AvgIpc) is 2.71. The minimum Gasteiger partial charge on any atom is -0.488 e. The average molecular weight is 398 g/mol. The molecule has 1 amide bonds. The molecule has 1 heterocycles. The molecule has 5 nitrogen and oxygen atoms in total. The van der Waals surface area contributed by atoms with Crippen LogP contribution in [0.25, 0.3) is 0 Å². The quantitative estimate of drug-likeness (QED) is 0.647. The molecule has 0 radical (unpaired) electrons. The number of aryl methyl sites for hydroxylation is 3. The smallest absolute Gasteiger partial charge is 0.282 e. The lowest BCUT2D eigenvalue weighted by atomic mass is 10.0. The minimum atomic E-state index is -0.0442. The Balaban J connectivity index is 1.44. The van der Waals surface area contributed by atoms with Crippen molar-refractivity contribution in [2.45, 2.75) is 33.7 Å². The van der Waals surface area contributed by atoms with Crippen LogP contribution in [-0.4, -0.2) is 51.3 Å². The summed E-state index contributed by atoms with van der Waals surface area (Å²) in [6.45, 7) is 14.2. The monoisotopic (exact) mass is 397 g/mol. The van der Waals surface area contributed by atoms with Gasteiger partial charge in [0.2, 0.25) is 0 Å². The van der Waals surface area contributed by atoms with Gasteiger partial charge in [-0.3, -0.25) is 4.79 Å². The Hall–Kier alpha value is -2.37. The summed E-state index contributed by atoms with van der Waals surface area (Å²) in [4.78, 5) is 15.8. The highest BCUT2D eigenvalue weighted by atomic mass is 16.5. The zero-order valence-corrected chi connectivity index (χ0v) is 18.2. The fourth-order valence-electron chi connectivity index (χ4n) is 4.23. The number of para-hydroxylation sites is 1. The first-order valence-corrected chi connectivity index (χ1v) is 10.7. The highest BCUT2D eigenvalue weighted by Gasteiger charge is 2.31. The van der Waals surface area contributed by atoms with Crippen LogP contribution >= 0.6 is 0 Å². The van der Waals surface area contributed by atoms with Crippen molar-refractivity contribution in [3.05, 3.63) is 59.2 Å². The lowest BCUT2D eigenvalue weighted by Gasteiger charge is -2.32. The van der Waals surface area contributed by atoms with Crippen molar-refractivity contribution in [2.24, 2.45) is 0 Å². The number of piperazine rings is 1. The van der Waals surface area contributed by atoms with Gasteiger partial charge in [-0.15, -0.1) is 0 Å². The van der Waals surface area contributed by atoms with Crippen LogP contribution in [-0.2, 0) is 4.79 Å². The van der Waals surface area contributed by atoms with E-state index in [0.29, 0.717) is 0 Å². The van der Waals surface area contributed by atoms with E-state index in [1.807, 2.05) is 37.3 Å². The molecule has 1 aliphatic rings. The third-order valence-corrected chi connectivity index (χ3v) is 6.00. The molecule has 5 heteroatoms. The topological polar surface area (TPSA) is 47.2 Å². The van der Waals surface area contributed by atoms with E-state index in [1.54, 1.807) is 4.90 Å². The van der Waals surface area contributed by atoms with Crippen molar-refractivity contribution in [1.29, 1.82) is 0 Å². The number of quaternary nitrogens is 2. The molecule has 2 aromatic rings. The van der Waals surface area contributed by atoms with E-state index in [4.69, 9.17) is 4.74 Å². The second-order valence-corrected chi connectivity index (χ2v) is 8.30. The van der Waals surface area contributed by atoms with Gasteiger partial charge in [0, 0.05) is 5.69 Å². The van der Waals surface area contributed by atoms with Crippen LogP contribution in [0.15, 0.2) is 42.5 Å². The molecule has 29 heavy (non-hydrogen) atoms. The van der Waals surface area contributed by atoms with Crippen LogP contribution in [0.1, 0.15) is 23.6 Å². The Kier molecular flexibility index (Phi) is 7.29. The van der Waals surface area contributed by atoms with Gasteiger partial charge in [-0.05, 0) is 51.0 Å². The Morgan fingerprint density at radius 1 is 1.03 bits per heavy atom. The van der Waals surface area contributed by atoms with Gasteiger partial charge in [-0.1, -0.05) is 35.9 Å². The van der Waals surface area contributed by atoms with E-state index < -0.39 is 0 Å². The molecular weight excluding hydrogens is 362 g/mol. The molecule has 1 aliphatic heterocycles. The first kappa shape index (κ1) is 21.3. The summed E-state index contributed by atoms with van der Waals surface area (Å²) in [5, 5.41) is 3.18. The molecule has 0 spiro atoms. The number of carbonyl (C=O) groups is 1. The van der Waals surface area contributed by atoms with E-state index in [2.05, 4.69) is 38.2 Å². The molecule has 2 aromatic carbocycles. The number of anilines is 1. The van der Waals surface area contributed by atoms with Crippen molar-refractivity contribution in [3.63, 3.8) is 0 Å². The normalized spacial score (nSPS) is 20.1. The number of hydrogen-bond donors (Lipinski definition) is 3. The molecular formula is C24H35N3O2+2. The van der Waals surface area contributed by atoms with E-state index in [-0.39, 0.29) is 11.9 Å². The predicted molar refractivity (Wildman–Crippen MR) is 117 cm³/mol. The molecule has 0 saturated carbocycles. The van der Waals surface area contributed by atoms with Crippen LogP contribution in [0.2, 0.25) is 0 Å². The van der Waals surface area contributed by atoms with Crippen molar-refractivity contribution in [3.8, 4) is 5.75 Å². The summed E-state index contributed by atoms with van der Waals surface area (Å²) < 4.78 is 5.83. The fourth-order valence-corrected chi connectivity index (χ4v) is 4.23. The van der Waals surface area contributed by atoms with Crippen molar-refractivity contribution in [1.82, 2.24) is 0 Å².